The highest BCUT2D eigenvalue weighted by molar-refractivity contribution is 7.99. The van der Waals surface area contributed by atoms with Crippen LogP contribution in [-0.2, 0) is 0 Å². The van der Waals surface area contributed by atoms with Crippen molar-refractivity contribution in [1.82, 2.24) is 9.97 Å². The molecular weight excluding hydrogens is 434 g/mol. The Morgan fingerprint density at radius 3 is 2.37 bits per heavy atom. The van der Waals surface area contributed by atoms with Crippen LogP contribution in [0.5, 0.6) is 0 Å². The average molecular weight is 452 g/mol. The number of rotatable bonds is 5. The Hall–Kier alpha value is -2.67. The molecule has 4 rings (SSSR count). The minimum Gasteiger partial charge on any atom is -0.298 e. The van der Waals surface area contributed by atoms with Gasteiger partial charge in [0.05, 0.1) is 5.69 Å². The molecule has 0 bridgehead atoms. The van der Waals surface area contributed by atoms with Crippen LogP contribution in [0.15, 0.2) is 76.1 Å². The summed E-state index contributed by atoms with van der Waals surface area (Å²) in [5.41, 5.74) is 4.79. The van der Waals surface area contributed by atoms with Crippen LogP contribution >= 0.6 is 34.7 Å². The molecule has 0 atom stereocenters. The summed E-state index contributed by atoms with van der Waals surface area (Å²) < 4.78 is 0. The fraction of sp³-hybridized carbons (Fsp3) is 0.0870. The molecule has 1 amide bonds. The van der Waals surface area contributed by atoms with E-state index < -0.39 is 0 Å². The van der Waals surface area contributed by atoms with Crippen molar-refractivity contribution in [3.05, 3.63) is 88.0 Å². The predicted octanol–water partition coefficient (Wildman–Crippen LogP) is 6.88. The molecule has 2 aromatic heterocycles. The van der Waals surface area contributed by atoms with Gasteiger partial charge in [0, 0.05) is 43.7 Å². The number of thiazole rings is 1. The Morgan fingerprint density at radius 1 is 1.03 bits per heavy atom. The van der Waals surface area contributed by atoms with E-state index in [0.717, 1.165) is 21.2 Å². The van der Waals surface area contributed by atoms with Crippen LogP contribution in [0.1, 0.15) is 21.5 Å². The second-order valence-electron chi connectivity index (χ2n) is 6.72. The Balaban J connectivity index is 1.53. The SMILES string of the molecule is Cc1cc(-c2csc(NC(=O)c3ccncc3)n2)cc(C)c1Sc1ccc(Cl)cc1. The molecule has 4 aromatic rings. The molecule has 7 heteroatoms. The topological polar surface area (TPSA) is 54.9 Å². The van der Waals surface area contributed by atoms with E-state index in [0.29, 0.717) is 10.7 Å². The highest BCUT2D eigenvalue weighted by atomic mass is 35.5. The van der Waals surface area contributed by atoms with Gasteiger partial charge in [0.15, 0.2) is 5.13 Å². The third-order valence-electron chi connectivity index (χ3n) is 4.46. The largest absolute Gasteiger partial charge is 0.298 e. The van der Waals surface area contributed by atoms with Crippen LogP contribution in [0.4, 0.5) is 5.13 Å². The van der Waals surface area contributed by atoms with Crippen LogP contribution in [0.25, 0.3) is 11.3 Å². The van der Waals surface area contributed by atoms with E-state index in [1.165, 1.54) is 27.4 Å². The quantitative estimate of drug-likeness (QED) is 0.359. The van der Waals surface area contributed by atoms with Gasteiger partial charge in [0.2, 0.25) is 0 Å². The van der Waals surface area contributed by atoms with Gasteiger partial charge in [-0.1, -0.05) is 23.4 Å². The van der Waals surface area contributed by atoms with E-state index in [1.54, 1.807) is 36.3 Å². The van der Waals surface area contributed by atoms with E-state index in [4.69, 9.17) is 11.6 Å². The molecule has 0 aliphatic heterocycles. The highest BCUT2D eigenvalue weighted by Crippen LogP contribution is 2.36. The molecule has 0 saturated carbocycles. The summed E-state index contributed by atoms with van der Waals surface area (Å²) in [5.74, 6) is -0.194. The van der Waals surface area contributed by atoms with Crippen molar-refractivity contribution in [2.45, 2.75) is 23.6 Å². The number of hydrogen-bond acceptors (Lipinski definition) is 5. The maximum absolute atomic E-state index is 12.3. The molecular formula is C23H18ClN3OS2. The molecule has 0 aliphatic carbocycles. The van der Waals surface area contributed by atoms with Gasteiger partial charge >= 0.3 is 0 Å². The van der Waals surface area contributed by atoms with Gasteiger partial charge in [0.25, 0.3) is 5.91 Å². The molecule has 30 heavy (non-hydrogen) atoms. The number of nitrogens with one attached hydrogen (secondary N) is 1. The summed E-state index contributed by atoms with van der Waals surface area (Å²) in [6.45, 7) is 4.21. The number of halogens is 1. The molecule has 0 aliphatic rings. The zero-order chi connectivity index (χ0) is 21.1. The first-order chi connectivity index (χ1) is 14.5. The fourth-order valence-electron chi connectivity index (χ4n) is 3.02. The molecule has 4 nitrogen and oxygen atoms in total. The number of aromatic nitrogens is 2. The number of nitrogens with zero attached hydrogens (tertiary/aromatic N) is 2. The van der Waals surface area contributed by atoms with Crippen molar-refractivity contribution in [3.63, 3.8) is 0 Å². The lowest BCUT2D eigenvalue weighted by atomic mass is 10.1. The van der Waals surface area contributed by atoms with E-state index >= 15 is 0 Å². The summed E-state index contributed by atoms with van der Waals surface area (Å²) >= 11 is 9.13. The van der Waals surface area contributed by atoms with Crippen molar-refractivity contribution >= 4 is 45.7 Å². The lowest BCUT2D eigenvalue weighted by Crippen LogP contribution is -2.11. The lowest BCUT2D eigenvalue weighted by molar-refractivity contribution is 0.102. The normalized spacial score (nSPS) is 10.8. The minimum atomic E-state index is -0.194. The maximum Gasteiger partial charge on any atom is 0.257 e. The average Bonchev–Trinajstić information content (AvgIpc) is 3.21. The summed E-state index contributed by atoms with van der Waals surface area (Å²) in [4.78, 5) is 23.2. The summed E-state index contributed by atoms with van der Waals surface area (Å²) in [5, 5.41) is 6.12. The number of carbonyl (C=O) groups is 1. The third kappa shape index (κ3) is 4.73. The third-order valence-corrected chi connectivity index (χ3v) is 6.82. The van der Waals surface area contributed by atoms with Crippen LogP contribution in [0, 0.1) is 13.8 Å². The molecule has 150 valence electrons. The Kier molecular flexibility index (Phi) is 6.18. The lowest BCUT2D eigenvalue weighted by Gasteiger charge is -2.12. The number of carbonyl (C=O) groups excluding carboxylic acids is 1. The molecule has 2 aromatic carbocycles. The van der Waals surface area contributed by atoms with Gasteiger partial charge in [-0.3, -0.25) is 15.1 Å². The van der Waals surface area contributed by atoms with Crippen molar-refractivity contribution < 1.29 is 4.79 Å². The van der Waals surface area contributed by atoms with E-state index in [9.17, 15) is 4.79 Å². The highest BCUT2D eigenvalue weighted by Gasteiger charge is 2.13. The van der Waals surface area contributed by atoms with Gasteiger partial charge in [-0.25, -0.2) is 4.98 Å². The van der Waals surface area contributed by atoms with Crippen molar-refractivity contribution in [1.29, 1.82) is 0 Å². The molecule has 0 fully saturated rings. The molecule has 0 unspecified atom stereocenters. The Morgan fingerprint density at radius 2 is 1.70 bits per heavy atom. The number of pyridine rings is 1. The molecule has 2 heterocycles. The number of benzene rings is 2. The van der Waals surface area contributed by atoms with Crippen molar-refractivity contribution in [2.24, 2.45) is 0 Å². The van der Waals surface area contributed by atoms with E-state index in [2.05, 4.69) is 41.3 Å². The second kappa shape index (κ2) is 9.00. The van der Waals surface area contributed by atoms with Gasteiger partial charge in [-0.05, 0) is 73.5 Å². The zero-order valence-corrected chi connectivity index (χ0v) is 18.7. The van der Waals surface area contributed by atoms with Gasteiger partial charge in [-0.15, -0.1) is 11.3 Å². The summed E-state index contributed by atoms with van der Waals surface area (Å²) in [6.07, 6.45) is 3.19. The first-order valence-corrected chi connectivity index (χ1v) is 11.3. The molecule has 0 radical (unpaired) electrons. The first kappa shape index (κ1) is 20.6. The van der Waals surface area contributed by atoms with Crippen molar-refractivity contribution in [3.8, 4) is 11.3 Å². The standard InChI is InChI=1S/C23H18ClN3OS2/c1-14-11-17(12-15(2)21(14)30-19-5-3-18(24)4-6-19)20-13-29-23(26-20)27-22(28)16-7-9-25-10-8-16/h3-13H,1-2H3,(H,26,27,28). The van der Waals surface area contributed by atoms with Gasteiger partial charge in [0.1, 0.15) is 0 Å². The van der Waals surface area contributed by atoms with Crippen LogP contribution in [0.3, 0.4) is 0 Å². The second-order valence-corrected chi connectivity index (χ2v) is 9.10. The fourth-order valence-corrected chi connectivity index (χ4v) is 4.80. The van der Waals surface area contributed by atoms with E-state index in [1.807, 2.05) is 29.6 Å². The minimum absolute atomic E-state index is 0.194. The van der Waals surface area contributed by atoms with Crippen LogP contribution in [0.2, 0.25) is 5.02 Å². The summed E-state index contributed by atoms with van der Waals surface area (Å²) in [6, 6.07) is 15.5. The number of anilines is 1. The number of hydrogen-bond donors (Lipinski definition) is 1. The Labute approximate surface area is 188 Å². The monoisotopic (exact) mass is 451 g/mol. The predicted molar refractivity (Wildman–Crippen MR) is 125 cm³/mol. The molecule has 0 saturated heterocycles. The van der Waals surface area contributed by atoms with Crippen LogP contribution < -0.4 is 5.32 Å². The Bertz CT molecular complexity index is 1170. The maximum atomic E-state index is 12.3. The molecule has 0 spiro atoms. The van der Waals surface area contributed by atoms with Crippen LogP contribution in [-0.4, -0.2) is 15.9 Å². The number of amides is 1. The summed E-state index contributed by atoms with van der Waals surface area (Å²) in [7, 11) is 0. The zero-order valence-electron chi connectivity index (χ0n) is 16.3. The first-order valence-electron chi connectivity index (χ1n) is 9.21. The van der Waals surface area contributed by atoms with Gasteiger partial charge in [-0.2, -0.15) is 0 Å². The van der Waals surface area contributed by atoms with Gasteiger partial charge < -0.3 is 0 Å². The van der Waals surface area contributed by atoms with Crippen molar-refractivity contribution in [2.75, 3.05) is 5.32 Å². The smallest absolute Gasteiger partial charge is 0.257 e. The molecule has 1 N–H and O–H groups in total. The number of aryl methyl sites for hydroxylation is 2. The van der Waals surface area contributed by atoms with E-state index in [-0.39, 0.29) is 5.91 Å².